The molecule has 1 aliphatic heterocycles. The van der Waals surface area contributed by atoms with Crippen molar-refractivity contribution in [2.24, 2.45) is 0 Å². The molecule has 0 saturated carbocycles. The molecule has 0 spiro atoms. The summed E-state index contributed by atoms with van der Waals surface area (Å²) < 4.78 is 16.9. The van der Waals surface area contributed by atoms with Crippen LogP contribution >= 0.6 is 0 Å². The van der Waals surface area contributed by atoms with E-state index in [1.807, 2.05) is 11.1 Å². The monoisotopic (exact) mass is 314 g/mol. The van der Waals surface area contributed by atoms with E-state index in [1.165, 1.54) is 18.7 Å². The minimum atomic E-state index is -0.424. The van der Waals surface area contributed by atoms with Gasteiger partial charge in [0.05, 0.1) is 30.8 Å². The summed E-state index contributed by atoms with van der Waals surface area (Å²) >= 11 is 0. The van der Waals surface area contributed by atoms with E-state index in [-0.39, 0.29) is 0 Å². The van der Waals surface area contributed by atoms with Gasteiger partial charge < -0.3 is 9.47 Å². The van der Waals surface area contributed by atoms with E-state index in [0.29, 0.717) is 12.5 Å². The lowest BCUT2D eigenvalue weighted by Crippen LogP contribution is -2.28. The smallest absolute Gasteiger partial charge is 0.225 e. The normalized spacial score (nSPS) is 14.6. The van der Waals surface area contributed by atoms with Crippen LogP contribution in [0.5, 0.6) is 0 Å². The fourth-order valence-electron chi connectivity index (χ4n) is 2.77. The summed E-state index contributed by atoms with van der Waals surface area (Å²) in [5.41, 5.74) is 1.09. The van der Waals surface area contributed by atoms with Crippen LogP contribution in [0.2, 0.25) is 0 Å². The average Bonchev–Trinajstić information content (AvgIpc) is 3.15. The van der Waals surface area contributed by atoms with Gasteiger partial charge in [-0.05, 0) is 0 Å². The van der Waals surface area contributed by atoms with Crippen molar-refractivity contribution >= 4 is 5.95 Å². The third kappa shape index (κ3) is 2.77. The van der Waals surface area contributed by atoms with Crippen molar-refractivity contribution < 1.29 is 4.39 Å². The Kier molecular flexibility index (Phi) is 3.45. The van der Waals surface area contributed by atoms with Gasteiger partial charge in [0.2, 0.25) is 5.95 Å². The molecule has 0 amide bonds. The molecule has 9 heteroatoms. The third-order valence-electron chi connectivity index (χ3n) is 3.90. The first-order chi connectivity index (χ1) is 11.3. The van der Waals surface area contributed by atoms with Crippen molar-refractivity contribution in [3.8, 4) is 0 Å². The Morgan fingerprint density at radius 3 is 2.70 bits per heavy atom. The lowest BCUT2D eigenvalue weighted by Gasteiger charge is -2.19. The van der Waals surface area contributed by atoms with Gasteiger partial charge in [0, 0.05) is 26.1 Å². The van der Waals surface area contributed by atoms with Crippen molar-refractivity contribution in [1.29, 1.82) is 0 Å². The zero-order valence-corrected chi connectivity index (χ0v) is 12.4. The number of anilines is 1. The van der Waals surface area contributed by atoms with Crippen LogP contribution in [0.1, 0.15) is 11.5 Å². The molecule has 4 heterocycles. The second-order valence-corrected chi connectivity index (χ2v) is 5.35. The van der Waals surface area contributed by atoms with E-state index in [1.54, 1.807) is 11.0 Å². The van der Waals surface area contributed by atoms with Crippen LogP contribution in [-0.4, -0.2) is 47.4 Å². The fraction of sp³-hybridized carbons (Fsp3) is 0.357. The second kappa shape index (κ2) is 5.75. The van der Waals surface area contributed by atoms with Gasteiger partial charge in [0.1, 0.15) is 18.5 Å². The van der Waals surface area contributed by atoms with Crippen LogP contribution in [0.3, 0.4) is 0 Å². The summed E-state index contributed by atoms with van der Waals surface area (Å²) in [5.74, 6) is 1.16. The lowest BCUT2D eigenvalue weighted by molar-refractivity contribution is 0.595. The summed E-state index contributed by atoms with van der Waals surface area (Å²) in [6.45, 7) is 2.92. The Hall–Kier alpha value is -2.84. The van der Waals surface area contributed by atoms with Gasteiger partial charge >= 0.3 is 0 Å². The average molecular weight is 314 g/mol. The number of hydrogen-bond acceptors (Lipinski definition) is 6. The van der Waals surface area contributed by atoms with E-state index in [0.717, 1.165) is 37.6 Å². The molecule has 0 fully saturated rings. The largest absolute Gasteiger partial charge is 0.339 e. The predicted molar refractivity (Wildman–Crippen MR) is 79.3 cm³/mol. The highest BCUT2D eigenvalue weighted by molar-refractivity contribution is 5.29. The molecule has 0 bridgehead atoms. The number of halogens is 1. The Morgan fingerprint density at radius 1 is 1.04 bits per heavy atom. The summed E-state index contributed by atoms with van der Waals surface area (Å²) in [4.78, 5) is 18.6. The quantitative estimate of drug-likeness (QED) is 0.701. The van der Waals surface area contributed by atoms with Crippen LogP contribution in [0.15, 0.2) is 31.2 Å². The highest BCUT2D eigenvalue weighted by Crippen LogP contribution is 2.15. The van der Waals surface area contributed by atoms with Gasteiger partial charge in [0.15, 0.2) is 5.82 Å². The zero-order chi connectivity index (χ0) is 15.6. The molecule has 0 unspecified atom stereocenters. The predicted octanol–water partition coefficient (Wildman–Crippen LogP) is 0.515. The molecule has 0 N–H and O–H groups in total. The highest BCUT2D eigenvalue weighted by Gasteiger charge is 2.19. The first kappa shape index (κ1) is 13.8. The van der Waals surface area contributed by atoms with Gasteiger partial charge in [-0.25, -0.2) is 29.0 Å². The lowest BCUT2D eigenvalue weighted by atomic mass is 10.4. The molecule has 0 aliphatic carbocycles. The SMILES string of the molecule is Fc1cnc(N2CCc3ncc(Cn4cncn4)n3CC2)nc1. The van der Waals surface area contributed by atoms with Crippen LogP contribution < -0.4 is 4.90 Å². The van der Waals surface area contributed by atoms with Gasteiger partial charge in [-0.1, -0.05) is 0 Å². The molecule has 118 valence electrons. The Bertz CT molecular complexity index is 780. The summed E-state index contributed by atoms with van der Waals surface area (Å²) in [6.07, 6.45) is 8.28. The Morgan fingerprint density at radius 2 is 1.91 bits per heavy atom. The molecule has 1 aliphatic rings. The van der Waals surface area contributed by atoms with Crippen LogP contribution in [-0.2, 0) is 19.5 Å². The molecular weight excluding hydrogens is 299 g/mol. The maximum absolute atomic E-state index is 13.0. The second-order valence-electron chi connectivity index (χ2n) is 5.35. The Labute approximate surface area is 131 Å². The van der Waals surface area contributed by atoms with E-state index in [2.05, 4.69) is 29.6 Å². The maximum Gasteiger partial charge on any atom is 0.225 e. The van der Waals surface area contributed by atoms with Gasteiger partial charge in [-0.2, -0.15) is 5.10 Å². The molecular formula is C14H15FN8. The minimum absolute atomic E-state index is 0.424. The highest BCUT2D eigenvalue weighted by atomic mass is 19.1. The summed E-state index contributed by atoms with van der Waals surface area (Å²) in [5, 5.41) is 4.13. The summed E-state index contributed by atoms with van der Waals surface area (Å²) in [7, 11) is 0. The Balaban J connectivity index is 1.52. The first-order valence-electron chi connectivity index (χ1n) is 7.38. The molecule has 3 aromatic heterocycles. The third-order valence-corrected chi connectivity index (χ3v) is 3.90. The molecule has 3 aromatic rings. The van der Waals surface area contributed by atoms with E-state index < -0.39 is 5.82 Å². The number of hydrogen-bond donors (Lipinski definition) is 0. The van der Waals surface area contributed by atoms with Gasteiger partial charge in [0.25, 0.3) is 0 Å². The van der Waals surface area contributed by atoms with Crippen molar-refractivity contribution in [3.63, 3.8) is 0 Å². The van der Waals surface area contributed by atoms with Crippen LogP contribution in [0.4, 0.5) is 10.3 Å². The van der Waals surface area contributed by atoms with Crippen molar-refractivity contribution in [2.75, 3.05) is 18.0 Å². The number of aromatic nitrogens is 7. The fourth-order valence-corrected chi connectivity index (χ4v) is 2.77. The number of fused-ring (bicyclic) bond motifs is 1. The maximum atomic E-state index is 13.0. The number of imidazole rings is 1. The van der Waals surface area contributed by atoms with E-state index in [4.69, 9.17) is 0 Å². The standard InChI is InChI=1S/C14H15FN8/c15-11-5-18-14(19-6-11)21-2-1-13-17-7-12(23(13)4-3-21)8-22-10-16-9-20-22/h5-7,9-10H,1-4,8H2. The minimum Gasteiger partial charge on any atom is -0.339 e. The molecule has 0 saturated heterocycles. The summed E-state index contributed by atoms with van der Waals surface area (Å²) in [6, 6.07) is 0. The molecule has 23 heavy (non-hydrogen) atoms. The van der Waals surface area contributed by atoms with Crippen molar-refractivity contribution in [1.82, 2.24) is 34.3 Å². The number of nitrogens with zero attached hydrogens (tertiary/aromatic N) is 8. The van der Waals surface area contributed by atoms with E-state index >= 15 is 0 Å². The van der Waals surface area contributed by atoms with Gasteiger partial charge in [-0.3, -0.25) is 0 Å². The van der Waals surface area contributed by atoms with Crippen molar-refractivity contribution in [2.45, 2.75) is 19.5 Å². The van der Waals surface area contributed by atoms with Gasteiger partial charge in [-0.15, -0.1) is 0 Å². The molecule has 0 radical (unpaired) electrons. The topological polar surface area (TPSA) is 77.5 Å². The molecule has 8 nitrogen and oxygen atoms in total. The molecule has 0 atom stereocenters. The van der Waals surface area contributed by atoms with E-state index in [9.17, 15) is 4.39 Å². The zero-order valence-electron chi connectivity index (χ0n) is 12.4. The molecule has 0 aromatic carbocycles. The molecule has 4 rings (SSSR count). The van der Waals surface area contributed by atoms with Crippen LogP contribution in [0.25, 0.3) is 0 Å². The first-order valence-corrected chi connectivity index (χ1v) is 7.38. The van der Waals surface area contributed by atoms with Crippen molar-refractivity contribution in [3.05, 3.63) is 48.6 Å². The number of rotatable bonds is 3. The van der Waals surface area contributed by atoms with Crippen LogP contribution in [0, 0.1) is 5.82 Å².